The van der Waals surface area contributed by atoms with E-state index in [-0.39, 0.29) is 27.1 Å². The lowest BCUT2D eigenvalue weighted by atomic mass is 9.77. The van der Waals surface area contributed by atoms with Crippen LogP contribution in [0.25, 0.3) is 22.3 Å². The van der Waals surface area contributed by atoms with Crippen LogP contribution < -0.4 is 0 Å². The summed E-state index contributed by atoms with van der Waals surface area (Å²) in [5.74, 6) is 0. The minimum Gasteiger partial charge on any atom is -0.0579 e. The lowest BCUT2D eigenvalue weighted by molar-refractivity contribution is 0.580. The van der Waals surface area contributed by atoms with Crippen molar-refractivity contribution in [1.82, 2.24) is 0 Å². The highest BCUT2D eigenvalue weighted by molar-refractivity contribution is 9.11. The molecule has 0 N–H and O–H groups in total. The lowest BCUT2D eigenvalue weighted by Gasteiger charge is -2.27. The van der Waals surface area contributed by atoms with E-state index in [0.717, 1.165) is 6.42 Å². The summed E-state index contributed by atoms with van der Waals surface area (Å²) in [6, 6.07) is 23.5. The third-order valence-corrected chi connectivity index (χ3v) is 11.4. The van der Waals surface area contributed by atoms with Crippen molar-refractivity contribution >= 4 is 31.9 Å². The Morgan fingerprint density at radius 1 is 0.457 bits per heavy atom. The van der Waals surface area contributed by atoms with Crippen LogP contribution in [0, 0.1) is 0 Å². The van der Waals surface area contributed by atoms with Crippen molar-refractivity contribution in [2.45, 2.75) is 130 Å². The number of benzene rings is 4. The molecular formula is C44H54Br2. The summed E-state index contributed by atoms with van der Waals surface area (Å²) in [6.45, 7) is 32.1. The third kappa shape index (κ3) is 6.47. The SMILES string of the molecule is CC(C)(C)c1ccc2c(c1)C(C)(C)c1cc(C(C)(C)C)cc(Br)c1-2.CC(C)(C)c1ccc2c(c1)Cc1cc(C(C)(C)C)cc(Br)c1-2. The van der Waals surface area contributed by atoms with Crippen LogP contribution in [0.3, 0.4) is 0 Å². The first-order chi connectivity index (χ1) is 20.9. The monoisotopic (exact) mass is 740 g/mol. The van der Waals surface area contributed by atoms with E-state index in [9.17, 15) is 0 Å². The van der Waals surface area contributed by atoms with Gasteiger partial charge >= 0.3 is 0 Å². The quantitative estimate of drug-likeness (QED) is 0.148. The first-order valence-corrected chi connectivity index (χ1v) is 18.5. The van der Waals surface area contributed by atoms with Crippen molar-refractivity contribution in [3.63, 3.8) is 0 Å². The van der Waals surface area contributed by atoms with Crippen LogP contribution in [-0.4, -0.2) is 0 Å². The van der Waals surface area contributed by atoms with E-state index < -0.39 is 0 Å². The zero-order valence-electron chi connectivity index (χ0n) is 30.7. The number of hydrogen-bond donors (Lipinski definition) is 0. The molecule has 4 aromatic rings. The fourth-order valence-corrected chi connectivity index (χ4v) is 8.28. The van der Waals surface area contributed by atoms with Gasteiger partial charge < -0.3 is 0 Å². The van der Waals surface area contributed by atoms with Gasteiger partial charge in [0.15, 0.2) is 0 Å². The zero-order valence-corrected chi connectivity index (χ0v) is 33.9. The van der Waals surface area contributed by atoms with Gasteiger partial charge in [0.1, 0.15) is 0 Å². The molecule has 0 nitrogen and oxygen atoms in total. The molecule has 0 aliphatic heterocycles. The van der Waals surface area contributed by atoms with E-state index in [1.807, 2.05) is 0 Å². The second kappa shape index (κ2) is 11.5. The molecular weight excluding hydrogens is 688 g/mol. The van der Waals surface area contributed by atoms with Crippen LogP contribution in [0.4, 0.5) is 0 Å². The second-order valence-electron chi connectivity index (χ2n) is 18.3. The van der Waals surface area contributed by atoms with Gasteiger partial charge in [-0.15, -0.1) is 0 Å². The maximum absolute atomic E-state index is 3.87. The molecule has 4 aromatic carbocycles. The summed E-state index contributed by atoms with van der Waals surface area (Å²) in [6.07, 6.45) is 1.05. The van der Waals surface area contributed by atoms with Gasteiger partial charge in [-0.25, -0.2) is 0 Å². The molecule has 0 bridgehead atoms. The highest BCUT2D eigenvalue weighted by atomic mass is 79.9. The van der Waals surface area contributed by atoms with Crippen LogP contribution in [-0.2, 0) is 33.5 Å². The molecule has 2 heteroatoms. The molecule has 2 aliphatic carbocycles. The average molecular weight is 743 g/mol. The van der Waals surface area contributed by atoms with Crippen molar-refractivity contribution in [3.8, 4) is 22.3 Å². The molecule has 0 atom stereocenters. The summed E-state index contributed by atoms with van der Waals surface area (Å²) >= 11 is 7.69. The number of rotatable bonds is 0. The summed E-state index contributed by atoms with van der Waals surface area (Å²) in [4.78, 5) is 0. The Morgan fingerprint density at radius 3 is 1.39 bits per heavy atom. The van der Waals surface area contributed by atoms with Gasteiger partial charge in [0, 0.05) is 19.9 Å². The van der Waals surface area contributed by atoms with Crippen LogP contribution in [0.2, 0.25) is 0 Å². The minimum absolute atomic E-state index is 0.0374. The van der Waals surface area contributed by atoms with Crippen LogP contribution >= 0.6 is 31.9 Å². The number of hydrogen-bond acceptors (Lipinski definition) is 0. The molecule has 0 unspecified atom stereocenters. The number of halogens is 2. The maximum Gasteiger partial charge on any atom is 0.0259 e. The van der Waals surface area contributed by atoms with Crippen molar-refractivity contribution in [1.29, 1.82) is 0 Å². The van der Waals surface area contributed by atoms with Crippen LogP contribution in [0.1, 0.15) is 141 Å². The Morgan fingerprint density at radius 2 is 0.870 bits per heavy atom. The van der Waals surface area contributed by atoms with E-state index in [1.54, 1.807) is 0 Å². The van der Waals surface area contributed by atoms with Gasteiger partial charge in [0.2, 0.25) is 0 Å². The normalized spacial score (nSPS) is 15.0. The van der Waals surface area contributed by atoms with Gasteiger partial charge in [-0.1, -0.05) is 177 Å². The van der Waals surface area contributed by atoms with Crippen molar-refractivity contribution in [3.05, 3.63) is 114 Å². The van der Waals surface area contributed by atoms with Crippen molar-refractivity contribution in [2.24, 2.45) is 0 Å². The van der Waals surface area contributed by atoms with Gasteiger partial charge in [-0.05, 0) is 101 Å². The molecule has 6 rings (SSSR count). The van der Waals surface area contributed by atoms with E-state index in [2.05, 4.69) is 189 Å². The summed E-state index contributed by atoms with van der Waals surface area (Å²) in [7, 11) is 0. The molecule has 0 radical (unpaired) electrons. The smallest absolute Gasteiger partial charge is 0.0259 e. The van der Waals surface area contributed by atoms with E-state index in [1.165, 1.54) is 75.7 Å². The fourth-order valence-electron chi connectivity index (χ4n) is 6.89. The molecule has 46 heavy (non-hydrogen) atoms. The average Bonchev–Trinajstić information content (AvgIpc) is 3.39. The fraction of sp³-hybridized carbons (Fsp3) is 0.455. The predicted octanol–water partition coefficient (Wildman–Crippen LogP) is 14.0. The highest BCUT2D eigenvalue weighted by Gasteiger charge is 2.38. The first kappa shape index (κ1) is 35.2. The predicted molar refractivity (Wildman–Crippen MR) is 209 cm³/mol. The van der Waals surface area contributed by atoms with Gasteiger partial charge in [0.25, 0.3) is 0 Å². The van der Waals surface area contributed by atoms with E-state index >= 15 is 0 Å². The second-order valence-corrected chi connectivity index (χ2v) is 20.0. The van der Waals surface area contributed by atoms with Crippen LogP contribution in [0.5, 0.6) is 0 Å². The molecule has 0 spiro atoms. The summed E-state index contributed by atoms with van der Waals surface area (Å²) in [5, 5.41) is 0. The molecule has 2 aliphatic rings. The molecule has 0 saturated heterocycles. The molecule has 0 fully saturated rings. The summed E-state index contributed by atoms with van der Waals surface area (Å²) < 4.78 is 2.46. The van der Waals surface area contributed by atoms with Gasteiger partial charge in [-0.3, -0.25) is 0 Å². The Bertz CT molecular complexity index is 1820. The van der Waals surface area contributed by atoms with Crippen LogP contribution in [0.15, 0.2) is 69.6 Å². The molecule has 244 valence electrons. The minimum atomic E-state index is 0.0374. The molecule has 0 heterocycles. The molecule has 0 amide bonds. The largest absolute Gasteiger partial charge is 0.0579 e. The van der Waals surface area contributed by atoms with Gasteiger partial charge in [-0.2, -0.15) is 0 Å². The Kier molecular flexibility index (Phi) is 8.77. The first-order valence-electron chi connectivity index (χ1n) is 16.9. The lowest BCUT2D eigenvalue weighted by Crippen LogP contribution is -2.19. The zero-order chi connectivity index (χ0) is 34.4. The summed E-state index contributed by atoms with van der Waals surface area (Å²) in [5.41, 5.74) is 17.8. The Labute approximate surface area is 297 Å². The third-order valence-electron chi connectivity index (χ3n) is 10.1. The number of fused-ring (bicyclic) bond motifs is 6. The van der Waals surface area contributed by atoms with E-state index in [0.29, 0.717) is 0 Å². The Hall–Kier alpha value is -2.16. The van der Waals surface area contributed by atoms with Gasteiger partial charge in [0.05, 0.1) is 0 Å². The molecule has 0 saturated carbocycles. The highest BCUT2D eigenvalue weighted by Crippen LogP contribution is 2.53. The standard InChI is InChI=1S/C23H29Br.C21H25Br/c1-21(2,3)14-9-10-16-17(11-14)23(7,8)18-12-15(22(4,5)6)13-19(24)20(16)18;1-20(2,3)15-7-8-17-13(10-15)9-14-11-16(21(4,5)6)12-18(22)19(14)17/h9-13H,1-8H3;7-8,10-12H,9H2,1-6H3. The maximum atomic E-state index is 3.87. The molecule has 0 aromatic heterocycles. The van der Waals surface area contributed by atoms with E-state index in [4.69, 9.17) is 0 Å². The van der Waals surface area contributed by atoms with Crippen molar-refractivity contribution in [2.75, 3.05) is 0 Å². The van der Waals surface area contributed by atoms with Crippen molar-refractivity contribution < 1.29 is 0 Å². The Balaban J connectivity index is 0.000000182. The topological polar surface area (TPSA) is 0 Å².